The van der Waals surface area contributed by atoms with Crippen molar-refractivity contribution in [3.63, 3.8) is 0 Å². The Labute approximate surface area is 122 Å². The highest BCUT2D eigenvalue weighted by Crippen LogP contribution is 2.35. The number of carbonyl (C=O) groups is 1. The van der Waals surface area contributed by atoms with Gasteiger partial charge in [0.25, 0.3) is 0 Å². The van der Waals surface area contributed by atoms with Crippen LogP contribution in [0.2, 0.25) is 0 Å². The van der Waals surface area contributed by atoms with Crippen molar-refractivity contribution in [2.45, 2.75) is 19.4 Å². The Kier molecular flexibility index (Phi) is 3.62. The summed E-state index contributed by atoms with van der Waals surface area (Å²) < 4.78 is 8.99. The van der Waals surface area contributed by atoms with Crippen molar-refractivity contribution in [2.75, 3.05) is 19.8 Å². The fraction of sp³-hybridized carbons (Fsp3) is 0.583. The SMILES string of the molecule is O=C(C1CCOC1)n1c(Br)c(Br)c2c1CCNC2. The van der Waals surface area contributed by atoms with E-state index in [2.05, 4.69) is 37.2 Å². The van der Waals surface area contributed by atoms with Crippen molar-refractivity contribution in [2.24, 2.45) is 5.92 Å². The molecule has 0 aliphatic carbocycles. The summed E-state index contributed by atoms with van der Waals surface area (Å²) in [6.07, 6.45) is 1.72. The van der Waals surface area contributed by atoms with E-state index in [4.69, 9.17) is 4.74 Å². The summed E-state index contributed by atoms with van der Waals surface area (Å²) in [7, 11) is 0. The minimum atomic E-state index is -0.000384. The highest BCUT2D eigenvalue weighted by atomic mass is 79.9. The van der Waals surface area contributed by atoms with Crippen LogP contribution in [-0.2, 0) is 17.7 Å². The molecule has 2 aliphatic heterocycles. The normalized spacial score (nSPS) is 23.1. The number of ether oxygens (including phenoxy) is 1. The molecule has 1 fully saturated rings. The maximum atomic E-state index is 12.6. The maximum absolute atomic E-state index is 12.6. The first-order valence-electron chi connectivity index (χ1n) is 6.10. The van der Waals surface area contributed by atoms with E-state index in [-0.39, 0.29) is 11.8 Å². The molecule has 1 aromatic heterocycles. The average molecular weight is 378 g/mol. The van der Waals surface area contributed by atoms with Crippen molar-refractivity contribution in [1.82, 2.24) is 9.88 Å². The van der Waals surface area contributed by atoms with Crippen molar-refractivity contribution in [3.8, 4) is 0 Å². The summed E-state index contributed by atoms with van der Waals surface area (Å²) in [5.41, 5.74) is 2.32. The first-order chi connectivity index (χ1) is 8.70. The molecule has 0 spiro atoms. The standard InChI is InChI=1S/C12H14Br2N2O2/c13-10-8-5-15-3-1-9(8)16(11(10)14)12(17)7-2-4-18-6-7/h7,15H,1-6H2. The Morgan fingerprint density at radius 3 is 3.00 bits per heavy atom. The summed E-state index contributed by atoms with van der Waals surface area (Å²) in [5.74, 6) is 0.155. The van der Waals surface area contributed by atoms with Gasteiger partial charge in [0.2, 0.25) is 5.91 Å². The van der Waals surface area contributed by atoms with E-state index in [1.165, 1.54) is 5.56 Å². The van der Waals surface area contributed by atoms with Gasteiger partial charge >= 0.3 is 0 Å². The van der Waals surface area contributed by atoms with Crippen LogP contribution < -0.4 is 5.32 Å². The van der Waals surface area contributed by atoms with Gasteiger partial charge in [-0.2, -0.15) is 0 Å². The summed E-state index contributed by atoms with van der Waals surface area (Å²) in [5, 5.41) is 3.33. The lowest BCUT2D eigenvalue weighted by molar-refractivity contribution is 0.0808. The molecule has 0 amide bonds. The number of rotatable bonds is 1. The summed E-state index contributed by atoms with van der Waals surface area (Å²) in [6.45, 7) is 2.98. The van der Waals surface area contributed by atoms with Crippen molar-refractivity contribution in [1.29, 1.82) is 0 Å². The van der Waals surface area contributed by atoms with Crippen LogP contribution in [0, 0.1) is 5.92 Å². The second kappa shape index (κ2) is 5.07. The lowest BCUT2D eigenvalue weighted by Gasteiger charge is -2.17. The van der Waals surface area contributed by atoms with Crippen LogP contribution in [0.5, 0.6) is 0 Å². The smallest absolute Gasteiger partial charge is 0.237 e. The fourth-order valence-electron chi connectivity index (χ4n) is 2.61. The molecule has 1 saturated heterocycles. The number of hydrogen-bond acceptors (Lipinski definition) is 3. The Morgan fingerprint density at radius 1 is 1.44 bits per heavy atom. The monoisotopic (exact) mass is 376 g/mol. The summed E-state index contributed by atoms with van der Waals surface area (Å²) in [4.78, 5) is 12.6. The van der Waals surface area contributed by atoms with E-state index in [1.807, 2.05) is 4.57 Å². The topological polar surface area (TPSA) is 43.3 Å². The molecule has 98 valence electrons. The van der Waals surface area contributed by atoms with E-state index in [0.717, 1.165) is 40.7 Å². The number of halogens is 2. The molecular weight excluding hydrogens is 364 g/mol. The van der Waals surface area contributed by atoms with Crippen molar-refractivity contribution >= 4 is 37.8 Å². The van der Waals surface area contributed by atoms with E-state index in [0.29, 0.717) is 13.2 Å². The molecule has 3 rings (SSSR count). The molecule has 0 aromatic carbocycles. The minimum absolute atomic E-state index is 0.000384. The molecule has 0 saturated carbocycles. The van der Waals surface area contributed by atoms with Gasteiger partial charge in [0.05, 0.1) is 17.0 Å². The molecule has 0 radical (unpaired) electrons. The largest absolute Gasteiger partial charge is 0.381 e. The zero-order valence-electron chi connectivity index (χ0n) is 9.84. The van der Waals surface area contributed by atoms with E-state index in [1.54, 1.807) is 0 Å². The average Bonchev–Trinajstić information content (AvgIpc) is 2.99. The van der Waals surface area contributed by atoms with E-state index in [9.17, 15) is 4.79 Å². The lowest BCUT2D eigenvalue weighted by atomic mass is 10.1. The second-order valence-electron chi connectivity index (χ2n) is 4.69. The van der Waals surface area contributed by atoms with Crippen LogP contribution in [0.1, 0.15) is 22.5 Å². The molecule has 1 N–H and O–H groups in total. The summed E-state index contributed by atoms with van der Waals surface area (Å²) >= 11 is 7.11. The Bertz CT molecular complexity index is 493. The first kappa shape index (κ1) is 12.8. The highest BCUT2D eigenvalue weighted by molar-refractivity contribution is 9.13. The molecule has 1 atom stereocenters. The Balaban J connectivity index is 2.02. The predicted octanol–water partition coefficient (Wildman–Crippen LogP) is 2.34. The number of fused-ring (bicyclic) bond motifs is 1. The zero-order chi connectivity index (χ0) is 12.7. The lowest BCUT2D eigenvalue weighted by Crippen LogP contribution is -2.29. The van der Waals surface area contributed by atoms with Crippen LogP contribution in [0.15, 0.2) is 9.08 Å². The minimum Gasteiger partial charge on any atom is -0.381 e. The molecule has 3 heterocycles. The Morgan fingerprint density at radius 2 is 2.28 bits per heavy atom. The molecule has 4 nitrogen and oxygen atoms in total. The molecule has 1 aromatic rings. The first-order valence-corrected chi connectivity index (χ1v) is 7.69. The van der Waals surface area contributed by atoms with Crippen LogP contribution in [0.25, 0.3) is 0 Å². The molecular formula is C12H14Br2N2O2. The second-order valence-corrected chi connectivity index (χ2v) is 6.24. The van der Waals surface area contributed by atoms with Gasteiger partial charge in [-0.3, -0.25) is 9.36 Å². The molecule has 2 aliphatic rings. The van der Waals surface area contributed by atoms with Crippen LogP contribution in [-0.4, -0.2) is 30.2 Å². The van der Waals surface area contributed by atoms with E-state index < -0.39 is 0 Å². The van der Waals surface area contributed by atoms with Gasteiger partial charge in [-0.15, -0.1) is 0 Å². The molecule has 6 heteroatoms. The number of nitrogens with one attached hydrogen (secondary N) is 1. The maximum Gasteiger partial charge on any atom is 0.237 e. The van der Waals surface area contributed by atoms with Crippen LogP contribution >= 0.6 is 31.9 Å². The number of carbonyl (C=O) groups excluding carboxylic acids is 1. The molecule has 0 bridgehead atoms. The van der Waals surface area contributed by atoms with Crippen LogP contribution in [0.3, 0.4) is 0 Å². The van der Waals surface area contributed by atoms with E-state index >= 15 is 0 Å². The number of hydrogen-bond donors (Lipinski definition) is 1. The van der Waals surface area contributed by atoms with Gasteiger partial charge in [0.15, 0.2) is 0 Å². The fourth-order valence-corrected chi connectivity index (χ4v) is 3.78. The predicted molar refractivity (Wildman–Crippen MR) is 74.8 cm³/mol. The molecule has 18 heavy (non-hydrogen) atoms. The van der Waals surface area contributed by atoms with Gasteiger partial charge < -0.3 is 10.1 Å². The quantitative estimate of drug-likeness (QED) is 0.816. The number of aromatic nitrogens is 1. The third-order valence-corrected chi connectivity index (χ3v) is 5.74. The molecule has 1 unspecified atom stereocenters. The van der Waals surface area contributed by atoms with Gasteiger partial charge in [0.1, 0.15) is 4.60 Å². The third-order valence-electron chi connectivity index (χ3n) is 3.60. The van der Waals surface area contributed by atoms with Crippen molar-refractivity contribution in [3.05, 3.63) is 20.3 Å². The van der Waals surface area contributed by atoms with Crippen molar-refractivity contribution < 1.29 is 9.53 Å². The van der Waals surface area contributed by atoms with Gasteiger partial charge in [0, 0.05) is 37.4 Å². The Hall–Kier alpha value is -0.170. The number of nitrogens with zero attached hydrogens (tertiary/aromatic N) is 1. The summed E-state index contributed by atoms with van der Waals surface area (Å²) in [6, 6.07) is 0. The van der Waals surface area contributed by atoms with Gasteiger partial charge in [-0.05, 0) is 38.3 Å². The van der Waals surface area contributed by atoms with Gasteiger partial charge in [-0.25, -0.2) is 0 Å². The highest BCUT2D eigenvalue weighted by Gasteiger charge is 2.31. The van der Waals surface area contributed by atoms with Gasteiger partial charge in [-0.1, -0.05) is 0 Å². The van der Waals surface area contributed by atoms with Crippen LogP contribution in [0.4, 0.5) is 0 Å². The zero-order valence-corrected chi connectivity index (χ0v) is 13.0. The third kappa shape index (κ3) is 1.99.